The molecule has 0 aliphatic carbocycles. The van der Waals surface area contributed by atoms with Crippen LogP contribution in [0.15, 0.2) is 54.9 Å². The third kappa shape index (κ3) is 4.04. The van der Waals surface area contributed by atoms with Gasteiger partial charge in [0.1, 0.15) is 5.82 Å². The van der Waals surface area contributed by atoms with Crippen LogP contribution < -0.4 is 10.6 Å². The Bertz CT molecular complexity index is 1020. The van der Waals surface area contributed by atoms with Gasteiger partial charge in [0.2, 0.25) is 0 Å². The lowest BCUT2D eigenvalue weighted by molar-refractivity contribution is -0.173. The molecule has 1 aliphatic heterocycles. The maximum Gasteiger partial charge on any atom is 0.410 e. The Morgan fingerprint density at radius 2 is 2.00 bits per heavy atom. The van der Waals surface area contributed by atoms with E-state index in [0.29, 0.717) is 16.3 Å². The maximum atomic E-state index is 13.7. The first-order valence-electron chi connectivity index (χ1n) is 8.71. The summed E-state index contributed by atoms with van der Waals surface area (Å²) in [6.45, 7) is 0. The van der Waals surface area contributed by atoms with E-state index in [4.69, 9.17) is 11.6 Å². The first-order valence-corrected chi connectivity index (χ1v) is 9.09. The molecule has 3 heterocycles. The summed E-state index contributed by atoms with van der Waals surface area (Å²) in [5, 5.41) is 10.0. The predicted octanol–water partition coefficient (Wildman–Crippen LogP) is 4.84. The largest absolute Gasteiger partial charge is 0.410 e. The molecular weight excluding hydrogens is 407 g/mol. The zero-order valence-corrected chi connectivity index (χ0v) is 15.6. The Labute approximate surface area is 168 Å². The highest BCUT2D eigenvalue weighted by molar-refractivity contribution is 6.30. The number of nitrogens with zero attached hydrogens (tertiary/aromatic N) is 3. The molecule has 0 radical (unpaired) electrons. The van der Waals surface area contributed by atoms with Crippen molar-refractivity contribution >= 4 is 29.0 Å². The van der Waals surface area contributed by atoms with Crippen molar-refractivity contribution in [2.45, 2.75) is 24.7 Å². The second-order valence-corrected chi connectivity index (χ2v) is 7.03. The van der Waals surface area contributed by atoms with Gasteiger partial charge in [0.15, 0.2) is 11.7 Å². The molecule has 1 aromatic carbocycles. The lowest BCUT2D eigenvalue weighted by Crippen LogP contribution is -2.35. The fraction of sp³-hybridized carbons (Fsp3) is 0.211. The van der Waals surface area contributed by atoms with Gasteiger partial charge >= 0.3 is 6.18 Å². The van der Waals surface area contributed by atoms with E-state index < -0.39 is 24.2 Å². The van der Waals surface area contributed by atoms with Crippen molar-refractivity contribution in [3.05, 3.63) is 71.1 Å². The van der Waals surface area contributed by atoms with E-state index in [1.165, 1.54) is 12.3 Å². The Kier molecular flexibility index (Phi) is 4.91. The Balaban J connectivity index is 1.65. The van der Waals surface area contributed by atoms with Crippen LogP contribution in [0.3, 0.4) is 0 Å². The van der Waals surface area contributed by atoms with E-state index in [2.05, 4.69) is 20.7 Å². The molecule has 3 aromatic rings. The second-order valence-electron chi connectivity index (χ2n) is 6.60. The first kappa shape index (κ1) is 19.3. The topological polar surface area (TPSA) is 71.8 Å². The molecule has 0 bridgehead atoms. The molecule has 2 N–H and O–H groups in total. The van der Waals surface area contributed by atoms with Crippen LogP contribution in [-0.2, 0) is 0 Å². The van der Waals surface area contributed by atoms with E-state index in [0.717, 1.165) is 4.68 Å². The zero-order chi connectivity index (χ0) is 20.6. The molecular formula is C19H15ClF3N5O. The molecule has 2 aromatic heterocycles. The van der Waals surface area contributed by atoms with Crippen molar-refractivity contribution in [3.8, 4) is 0 Å². The maximum absolute atomic E-state index is 13.7. The number of aromatic nitrogens is 3. The lowest BCUT2D eigenvalue weighted by Gasteiger charge is -2.33. The summed E-state index contributed by atoms with van der Waals surface area (Å²) in [5.41, 5.74) is 0.961. The second kappa shape index (κ2) is 7.40. The molecule has 29 heavy (non-hydrogen) atoms. The fourth-order valence-corrected chi connectivity index (χ4v) is 3.36. The number of benzene rings is 1. The average Bonchev–Trinajstić information content (AvgIpc) is 3.12. The number of anilines is 2. The SMILES string of the molecule is O=C(Nc1cccnc1)c1cc2n(n1)[C@H](C(F)(F)F)C[C@H](c1ccc(Cl)cc1)N2. The summed E-state index contributed by atoms with van der Waals surface area (Å²) in [7, 11) is 0. The predicted molar refractivity (Wildman–Crippen MR) is 102 cm³/mol. The van der Waals surface area contributed by atoms with Gasteiger partial charge in [0.05, 0.1) is 17.9 Å². The lowest BCUT2D eigenvalue weighted by atomic mass is 9.97. The van der Waals surface area contributed by atoms with Crippen LogP contribution >= 0.6 is 11.6 Å². The molecule has 0 fully saturated rings. The van der Waals surface area contributed by atoms with Crippen LogP contribution in [0.2, 0.25) is 5.02 Å². The molecule has 150 valence electrons. The number of carbonyl (C=O) groups excluding carboxylic acids is 1. The third-order valence-corrected chi connectivity index (χ3v) is 4.87. The van der Waals surface area contributed by atoms with Crippen LogP contribution in [0.1, 0.15) is 34.6 Å². The van der Waals surface area contributed by atoms with Gasteiger partial charge in [0.25, 0.3) is 5.91 Å². The minimum absolute atomic E-state index is 0.120. The van der Waals surface area contributed by atoms with Gasteiger partial charge in [0, 0.05) is 23.7 Å². The minimum Gasteiger partial charge on any atom is -0.363 e. The highest BCUT2D eigenvalue weighted by atomic mass is 35.5. The van der Waals surface area contributed by atoms with Gasteiger partial charge in [-0.1, -0.05) is 23.7 Å². The highest BCUT2D eigenvalue weighted by Gasteiger charge is 2.46. The summed E-state index contributed by atoms with van der Waals surface area (Å²) < 4.78 is 42.0. The standard InChI is InChI=1S/C19H15ClF3N5O/c20-12-5-3-11(4-6-12)14-8-16(19(21,22)23)28-17(26-14)9-15(27-28)18(29)25-13-2-1-7-24-10-13/h1-7,9-10,14,16,26H,8H2,(H,25,29)/t14-,16+/m1/s1. The molecule has 6 nitrogen and oxygen atoms in total. The van der Waals surface area contributed by atoms with Crippen LogP contribution in [0.4, 0.5) is 24.7 Å². The van der Waals surface area contributed by atoms with Crippen molar-refractivity contribution in [2.75, 3.05) is 10.6 Å². The summed E-state index contributed by atoms with van der Waals surface area (Å²) in [4.78, 5) is 16.3. The average molecular weight is 422 g/mol. The highest BCUT2D eigenvalue weighted by Crippen LogP contribution is 2.43. The number of hydrogen-bond acceptors (Lipinski definition) is 4. The molecule has 0 saturated carbocycles. The van der Waals surface area contributed by atoms with Crippen LogP contribution in [0.25, 0.3) is 0 Å². The summed E-state index contributed by atoms with van der Waals surface area (Å²) in [6.07, 6.45) is -1.81. The number of alkyl halides is 3. The normalized spacial score (nSPS) is 18.6. The van der Waals surface area contributed by atoms with Crippen molar-refractivity contribution in [3.63, 3.8) is 0 Å². The number of hydrogen-bond donors (Lipinski definition) is 2. The third-order valence-electron chi connectivity index (χ3n) is 4.61. The minimum atomic E-state index is -4.52. The van der Waals surface area contributed by atoms with E-state index in [1.54, 1.807) is 42.6 Å². The van der Waals surface area contributed by atoms with Gasteiger partial charge < -0.3 is 10.6 Å². The Morgan fingerprint density at radius 1 is 1.24 bits per heavy atom. The molecule has 0 unspecified atom stereocenters. The molecule has 0 saturated heterocycles. The van der Waals surface area contributed by atoms with E-state index in [9.17, 15) is 18.0 Å². The molecule has 4 rings (SSSR count). The summed E-state index contributed by atoms with van der Waals surface area (Å²) >= 11 is 5.87. The quantitative estimate of drug-likeness (QED) is 0.634. The fourth-order valence-electron chi connectivity index (χ4n) is 3.23. The Morgan fingerprint density at radius 3 is 2.66 bits per heavy atom. The van der Waals surface area contributed by atoms with Crippen LogP contribution in [0, 0.1) is 0 Å². The van der Waals surface area contributed by atoms with Gasteiger partial charge in [-0.3, -0.25) is 9.78 Å². The van der Waals surface area contributed by atoms with Crippen molar-refractivity contribution in [2.24, 2.45) is 0 Å². The molecule has 2 atom stereocenters. The number of nitrogens with one attached hydrogen (secondary N) is 2. The van der Waals surface area contributed by atoms with Gasteiger partial charge in [-0.05, 0) is 29.8 Å². The van der Waals surface area contributed by atoms with Gasteiger partial charge in [-0.2, -0.15) is 18.3 Å². The van der Waals surface area contributed by atoms with Gasteiger partial charge in [-0.25, -0.2) is 4.68 Å². The number of pyridine rings is 1. The number of halogens is 4. The summed E-state index contributed by atoms with van der Waals surface area (Å²) in [6, 6.07) is 8.70. The molecule has 10 heteroatoms. The van der Waals surface area contributed by atoms with Crippen molar-refractivity contribution < 1.29 is 18.0 Å². The molecule has 0 spiro atoms. The van der Waals surface area contributed by atoms with Crippen LogP contribution in [-0.4, -0.2) is 26.8 Å². The molecule has 1 amide bonds. The smallest absolute Gasteiger partial charge is 0.363 e. The monoisotopic (exact) mass is 421 g/mol. The van der Waals surface area contributed by atoms with Crippen molar-refractivity contribution in [1.29, 1.82) is 0 Å². The number of amides is 1. The Hall–Kier alpha value is -3.07. The van der Waals surface area contributed by atoms with E-state index in [-0.39, 0.29) is 17.9 Å². The first-order chi connectivity index (χ1) is 13.8. The number of rotatable bonds is 3. The number of fused-ring (bicyclic) bond motifs is 1. The van der Waals surface area contributed by atoms with Gasteiger partial charge in [-0.15, -0.1) is 0 Å². The van der Waals surface area contributed by atoms with Crippen LogP contribution in [0.5, 0.6) is 0 Å². The van der Waals surface area contributed by atoms with E-state index >= 15 is 0 Å². The van der Waals surface area contributed by atoms with Crippen molar-refractivity contribution in [1.82, 2.24) is 14.8 Å². The summed E-state index contributed by atoms with van der Waals surface area (Å²) in [5.74, 6) is -0.500. The number of carbonyl (C=O) groups is 1. The molecule has 1 aliphatic rings. The zero-order valence-electron chi connectivity index (χ0n) is 14.8. The van der Waals surface area contributed by atoms with E-state index in [1.807, 2.05) is 0 Å².